The third kappa shape index (κ3) is 4.04. The second kappa shape index (κ2) is 9.95. The molecule has 0 aliphatic rings. The van der Waals surface area contributed by atoms with Gasteiger partial charge in [-0.2, -0.15) is 0 Å². The zero-order valence-electron chi connectivity index (χ0n) is 22.7. The van der Waals surface area contributed by atoms with Gasteiger partial charge in [0.05, 0.1) is 16.8 Å². The number of furan rings is 1. The minimum absolute atomic E-state index is 0.855. The fourth-order valence-corrected chi connectivity index (χ4v) is 6.95. The van der Waals surface area contributed by atoms with Gasteiger partial charge in [0.25, 0.3) is 0 Å². The normalized spacial score (nSPS) is 11.4. The molecule has 6 aromatic carbocycles. The monoisotopic (exact) mass is 558 g/mol. The van der Waals surface area contributed by atoms with E-state index in [-0.39, 0.29) is 0 Å². The van der Waals surface area contributed by atoms with Crippen LogP contribution in [0.15, 0.2) is 144 Å². The average Bonchev–Trinajstić information content (AvgIpc) is 3.60. The van der Waals surface area contributed by atoms with Crippen molar-refractivity contribution >= 4 is 76.6 Å². The van der Waals surface area contributed by atoms with Gasteiger partial charge in [-0.05, 0) is 64.4 Å². The predicted octanol–water partition coefficient (Wildman–Crippen LogP) is 11.4. The molecule has 0 unspecified atom stereocenters. The molecule has 0 radical (unpaired) electrons. The molecule has 3 nitrogen and oxygen atoms in total. The standard InChI is InChI=1S/C38H26N2OS/c1-2-30-32-23-27-13-6-7-14-28(27)24-36(32)42-38(30)39-40(29-21-19-26(20-22-29)25-11-4-3-5-12-25)33-16-10-18-35-37(33)31-15-8-9-17-34(31)41-35/h2-24,39H,1H2. The molecule has 0 fully saturated rings. The molecule has 0 aliphatic heterocycles. The number of thiophene rings is 1. The third-order valence-corrected chi connectivity index (χ3v) is 8.94. The van der Waals surface area contributed by atoms with Crippen LogP contribution in [0.4, 0.5) is 16.4 Å². The summed E-state index contributed by atoms with van der Waals surface area (Å²) < 4.78 is 7.50. The number of nitrogens with one attached hydrogen (secondary N) is 1. The van der Waals surface area contributed by atoms with Gasteiger partial charge in [-0.15, -0.1) is 11.3 Å². The Bertz CT molecular complexity index is 2240. The molecule has 4 heteroatoms. The van der Waals surface area contributed by atoms with Crippen molar-refractivity contribution in [1.82, 2.24) is 0 Å². The molecule has 2 aromatic heterocycles. The molecular formula is C38H26N2OS. The molecule has 8 aromatic rings. The summed E-state index contributed by atoms with van der Waals surface area (Å²) in [4.78, 5) is 0. The van der Waals surface area contributed by atoms with E-state index in [2.05, 4.69) is 126 Å². The van der Waals surface area contributed by atoms with Gasteiger partial charge in [0.15, 0.2) is 0 Å². The zero-order valence-corrected chi connectivity index (χ0v) is 23.6. The molecule has 0 bridgehead atoms. The Kier molecular flexibility index (Phi) is 5.80. The molecular weight excluding hydrogens is 532 g/mol. The molecule has 2 heterocycles. The van der Waals surface area contributed by atoms with Gasteiger partial charge in [-0.25, -0.2) is 0 Å². The van der Waals surface area contributed by atoms with E-state index in [1.807, 2.05) is 30.3 Å². The average molecular weight is 559 g/mol. The number of nitrogens with zero attached hydrogens (tertiary/aromatic N) is 1. The molecule has 1 N–H and O–H groups in total. The van der Waals surface area contributed by atoms with Crippen LogP contribution in [0, 0.1) is 0 Å². The highest BCUT2D eigenvalue weighted by atomic mass is 32.1. The summed E-state index contributed by atoms with van der Waals surface area (Å²) in [6, 6.07) is 46.7. The first-order valence-corrected chi connectivity index (χ1v) is 14.8. The quantitative estimate of drug-likeness (QED) is 0.206. The number of rotatable bonds is 6. The van der Waals surface area contributed by atoms with Crippen molar-refractivity contribution in [2.24, 2.45) is 0 Å². The number of anilines is 3. The van der Waals surface area contributed by atoms with Crippen LogP contribution in [0.2, 0.25) is 0 Å². The SMILES string of the molecule is C=Cc1c(NN(c2ccc(-c3ccccc3)cc2)c2cccc3oc4ccccc4c23)sc2cc3ccccc3cc12. The van der Waals surface area contributed by atoms with E-state index in [0.29, 0.717) is 0 Å². The van der Waals surface area contributed by atoms with E-state index in [9.17, 15) is 0 Å². The number of benzene rings is 6. The van der Waals surface area contributed by atoms with Crippen LogP contribution in [0.25, 0.3) is 60.0 Å². The molecule has 42 heavy (non-hydrogen) atoms. The van der Waals surface area contributed by atoms with Crippen molar-refractivity contribution in [3.05, 3.63) is 146 Å². The van der Waals surface area contributed by atoms with Crippen LogP contribution >= 0.6 is 11.3 Å². The van der Waals surface area contributed by atoms with Crippen LogP contribution in [0.3, 0.4) is 0 Å². The maximum atomic E-state index is 6.28. The zero-order chi connectivity index (χ0) is 28.0. The summed E-state index contributed by atoms with van der Waals surface area (Å²) in [5, 5.41) is 9.02. The van der Waals surface area contributed by atoms with Crippen LogP contribution < -0.4 is 10.4 Å². The van der Waals surface area contributed by atoms with Gasteiger partial charge in [-0.3, -0.25) is 10.4 Å². The Hall–Kier alpha value is -5.32. The van der Waals surface area contributed by atoms with Gasteiger partial charge in [-0.1, -0.05) is 104 Å². The minimum Gasteiger partial charge on any atom is -0.456 e. The molecule has 0 aliphatic carbocycles. The van der Waals surface area contributed by atoms with Crippen molar-refractivity contribution in [3.8, 4) is 11.1 Å². The lowest BCUT2D eigenvalue weighted by molar-refractivity contribution is 0.669. The Labute approximate surface area is 247 Å². The maximum absolute atomic E-state index is 6.28. The molecule has 8 rings (SSSR count). The number of hydrazine groups is 1. The van der Waals surface area contributed by atoms with Crippen LogP contribution in [-0.2, 0) is 0 Å². The number of fused-ring (bicyclic) bond motifs is 5. The summed E-state index contributed by atoms with van der Waals surface area (Å²) >= 11 is 1.74. The summed E-state index contributed by atoms with van der Waals surface area (Å²) in [6.07, 6.45) is 1.96. The van der Waals surface area contributed by atoms with Crippen molar-refractivity contribution in [2.45, 2.75) is 0 Å². The van der Waals surface area contributed by atoms with Gasteiger partial charge in [0.2, 0.25) is 0 Å². The summed E-state index contributed by atoms with van der Waals surface area (Å²) in [6.45, 7) is 4.21. The Balaban J connectivity index is 1.32. The maximum Gasteiger partial charge on any atom is 0.137 e. The van der Waals surface area contributed by atoms with Gasteiger partial charge >= 0.3 is 0 Å². The van der Waals surface area contributed by atoms with E-state index in [0.717, 1.165) is 43.9 Å². The van der Waals surface area contributed by atoms with Crippen LogP contribution in [0.1, 0.15) is 5.56 Å². The Morgan fingerprint density at radius 3 is 2.14 bits per heavy atom. The van der Waals surface area contributed by atoms with E-state index >= 15 is 0 Å². The fourth-order valence-electron chi connectivity index (χ4n) is 5.83. The van der Waals surface area contributed by atoms with Gasteiger partial charge in [0, 0.05) is 21.0 Å². The third-order valence-electron chi connectivity index (χ3n) is 7.87. The first-order chi connectivity index (χ1) is 20.8. The number of para-hydroxylation sites is 1. The van der Waals surface area contributed by atoms with Gasteiger partial charge in [0.1, 0.15) is 16.2 Å². The van der Waals surface area contributed by atoms with E-state index < -0.39 is 0 Å². The molecule has 200 valence electrons. The second-order valence-electron chi connectivity index (χ2n) is 10.4. The van der Waals surface area contributed by atoms with Crippen LogP contribution in [-0.4, -0.2) is 0 Å². The van der Waals surface area contributed by atoms with E-state index in [1.165, 1.54) is 32.0 Å². The summed E-state index contributed by atoms with van der Waals surface area (Å²) in [5.41, 5.74) is 11.0. The highest BCUT2D eigenvalue weighted by molar-refractivity contribution is 7.23. The Morgan fingerprint density at radius 2 is 1.33 bits per heavy atom. The summed E-state index contributed by atoms with van der Waals surface area (Å²) in [5.74, 6) is 0. The van der Waals surface area contributed by atoms with Crippen LogP contribution in [0.5, 0.6) is 0 Å². The van der Waals surface area contributed by atoms with Crippen molar-refractivity contribution in [2.75, 3.05) is 10.4 Å². The topological polar surface area (TPSA) is 28.4 Å². The van der Waals surface area contributed by atoms with Crippen molar-refractivity contribution < 1.29 is 4.42 Å². The minimum atomic E-state index is 0.855. The largest absolute Gasteiger partial charge is 0.456 e. The smallest absolute Gasteiger partial charge is 0.137 e. The lowest BCUT2D eigenvalue weighted by atomic mass is 10.0. The highest BCUT2D eigenvalue weighted by Gasteiger charge is 2.20. The second-order valence-corrected chi connectivity index (χ2v) is 11.4. The highest BCUT2D eigenvalue weighted by Crippen LogP contribution is 2.43. The first kappa shape index (κ1) is 24.5. The molecule has 0 saturated heterocycles. The van der Waals surface area contributed by atoms with E-state index in [1.54, 1.807) is 11.3 Å². The lowest BCUT2D eigenvalue weighted by Gasteiger charge is -2.27. The van der Waals surface area contributed by atoms with Crippen molar-refractivity contribution in [3.63, 3.8) is 0 Å². The molecule has 0 atom stereocenters. The first-order valence-electron chi connectivity index (χ1n) is 14.0. The Morgan fingerprint density at radius 1 is 0.643 bits per heavy atom. The van der Waals surface area contributed by atoms with E-state index in [4.69, 9.17) is 4.42 Å². The summed E-state index contributed by atoms with van der Waals surface area (Å²) in [7, 11) is 0. The molecule has 0 spiro atoms. The molecule has 0 amide bonds. The fraction of sp³-hybridized carbons (Fsp3) is 0. The molecule has 0 saturated carbocycles. The number of hydrogen-bond donors (Lipinski definition) is 1. The predicted molar refractivity (Wildman–Crippen MR) is 181 cm³/mol. The van der Waals surface area contributed by atoms with Gasteiger partial charge < -0.3 is 4.42 Å². The number of hydrogen-bond acceptors (Lipinski definition) is 4. The lowest BCUT2D eigenvalue weighted by Crippen LogP contribution is -2.24. The van der Waals surface area contributed by atoms with Crippen molar-refractivity contribution in [1.29, 1.82) is 0 Å².